The summed E-state index contributed by atoms with van der Waals surface area (Å²) in [5.74, 6) is -1.49. The average Bonchev–Trinajstić information content (AvgIpc) is 0.816. The summed E-state index contributed by atoms with van der Waals surface area (Å²) < 4.78 is 98.1. The number of rotatable bonds is 60. The molecule has 614 valence electrons. The lowest BCUT2D eigenvalue weighted by Gasteiger charge is -2.42. The predicted molar refractivity (Wildman–Crippen MR) is 387 cm³/mol. The molecule has 0 aromatic carbocycles. The fraction of sp³-hybridized carbons (Fsp3) is 0.950. The van der Waals surface area contributed by atoms with Crippen LogP contribution in [-0.2, 0) is 141 Å². The summed E-state index contributed by atoms with van der Waals surface area (Å²) in [7, 11) is 0. The fourth-order valence-corrected chi connectivity index (χ4v) is 14.9. The second kappa shape index (κ2) is 53.0. The van der Waals surface area contributed by atoms with E-state index in [9.17, 15) is 79.9 Å². The molecule has 3 aliphatic heterocycles. The van der Waals surface area contributed by atoms with E-state index in [4.69, 9.17) is 126 Å². The van der Waals surface area contributed by atoms with Gasteiger partial charge < -0.3 is 161 Å². The molecular weight excluding hydrogens is 1540 g/mol. The van der Waals surface area contributed by atoms with Crippen LogP contribution in [-0.4, -0.2) is 319 Å². The second-order valence-electron chi connectivity index (χ2n) is 25.3. The number of unbranched alkanes of at least 4 members (excludes halogenated alkanes) is 8. The highest BCUT2D eigenvalue weighted by atomic mass is 32.5. The topological polar surface area (TPSA) is 507 Å². The Bertz CT molecular complexity index is 2360. The molecule has 0 spiro atoms. The second-order valence-corrected chi connectivity index (χ2v) is 37.8. The average molecular weight is 1660 g/mol. The minimum absolute atomic E-state index is 0.0148. The Morgan fingerprint density at radius 2 is 0.625 bits per heavy atom. The van der Waals surface area contributed by atoms with Gasteiger partial charge in [0.05, 0.1) is 85.9 Å². The molecule has 0 aromatic rings. The summed E-state index contributed by atoms with van der Waals surface area (Å²) >= 11 is 21.0. The Balaban J connectivity index is 1.61. The summed E-state index contributed by atoms with van der Waals surface area (Å²) in [6, 6.07) is -3.32. The first-order valence-corrected chi connectivity index (χ1v) is 45.5. The lowest BCUT2D eigenvalue weighted by Crippen LogP contribution is -2.64. The highest BCUT2D eigenvalue weighted by Crippen LogP contribution is 2.48. The van der Waals surface area contributed by atoms with Crippen molar-refractivity contribution in [2.75, 3.05) is 132 Å². The van der Waals surface area contributed by atoms with E-state index in [2.05, 4.69) is 16.0 Å². The first kappa shape index (κ1) is 98.0. The van der Waals surface area contributed by atoms with Crippen molar-refractivity contribution in [3.63, 3.8) is 0 Å². The summed E-state index contributed by atoms with van der Waals surface area (Å²) in [5, 5.41) is 98.8. The standard InChI is InChI=1S/C60H117N3O33P4S4/c1-41(2)97(76,101)87-28-11-9-7-6-8-10-27-86-60(38-80-21-18-32-91-98(77,102)88-29-15-12-24-83-57-48(61-42(3)67)54(73)51(70)45(35-64)94-57,39-81-22-19-33-92-99(78,103)89-30-16-13-25-84-58-49(62-43(4)68)55(74)52(71)46(36-65)95-58)40-82-23-20-34-93-100(79,104)90-31-17-14-26-85-59-50(63-44(5)69)56(75)53(72)47(37-66)96-59/h41,45-59,64-66,70-75H,6-40H2,1-5H3,(H,61,67)(H,62,68)(H,63,69)(H,76,101)(H,77,102)(H,78,103)(H,79,104)/t45?,46?,47?,48?,49?,50?,51-,52-,53-,54+,55+,56+,57+,58+,59+,60?,97?,98?,99?,100?/m0/s1. The molecule has 3 rings (SSSR count). The van der Waals surface area contributed by atoms with Crippen LogP contribution in [0, 0.1) is 0 Å². The molecule has 0 saturated carbocycles. The summed E-state index contributed by atoms with van der Waals surface area (Å²) in [5.41, 5.74) is -1.38. The Hall–Kier alpha value is -0.190. The molecule has 3 aliphatic rings. The number of amides is 3. The minimum Gasteiger partial charge on any atom is -0.394 e. The van der Waals surface area contributed by atoms with Gasteiger partial charge in [0.2, 0.25) is 17.7 Å². The van der Waals surface area contributed by atoms with Gasteiger partial charge >= 0.3 is 20.2 Å². The van der Waals surface area contributed by atoms with Crippen molar-refractivity contribution in [2.24, 2.45) is 0 Å². The molecule has 44 heteroatoms. The molecule has 0 aliphatic carbocycles. The Labute approximate surface area is 629 Å². The molecule has 3 amide bonds. The van der Waals surface area contributed by atoms with Crippen molar-refractivity contribution in [3.05, 3.63) is 0 Å². The third kappa shape index (κ3) is 39.5. The van der Waals surface area contributed by atoms with Crippen LogP contribution in [0.3, 0.4) is 0 Å². The van der Waals surface area contributed by atoms with Crippen molar-refractivity contribution >= 4 is 91.6 Å². The SMILES string of the molecule is CC(=O)NC1[C@H](OCCCCOP(O)(=S)OCCCOCC(COCCCOP(O)(=S)OCCCCO[C@@H]2OC(CO)[C@H](O)[C@H](O)C2NC(C)=O)(COCCCOP(O)(=S)OCCCCO[C@@H]2OC(CO)[C@H](O)[C@H](O)C2NC(C)=O)OCCCCCCCCOP(O)(=S)C(C)C)OC(CO)[C@H](O)[C@@H]1O. The molecule has 3 heterocycles. The van der Waals surface area contributed by atoms with Gasteiger partial charge in [0.25, 0.3) is 0 Å². The van der Waals surface area contributed by atoms with Gasteiger partial charge in [-0.3, -0.25) is 14.4 Å². The van der Waals surface area contributed by atoms with E-state index in [1.165, 1.54) is 20.8 Å². The lowest BCUT2D eigenvalue weighted by molar-refractivity contribution is -0.270. The number of carbonyl (C=O) groups excluding carboxylic acids is 3. The van der Waals surface area contributed by atoms with Gasteiger partial charge in [-0.2, -0.15) is 0 Å². The van der Waals surface area contributed by atoms with Gasteiger partial charge in [-0.25, -0.2) is 0 Å². The van der Waals surface area contributed by atoms with Crippen LogP contribution in [0.15, 0.2) is 0 Å². The number of carbonyl (C=O) groups is 3. The first-order chi connectivity index (χ1) is 49.2. The highest BCUT2D eigenvalue weighted by molar-refractivity contribution is 8.09. The maximum absolute atomic E-state index is 11.8. The Morgan fingerprint density at radius 3 is 0.904 bits per heavy atom. The van der Waals surface area contributed by atoms with Crippen molar-refractivity contribution < 1.29 is 159 Å². The molecule has 19 atom stereocenters. The molecule has 36 nitrogen and oxygen atoms in total. The van der Waals surface area contributed by atoms with Crippen molar-refractivity contribution in [1.82, 2.24) is 16.0 Å². The monoisotopic (exact) mass is 1660 g/mol. The van der Waals surface area contributed by atoms with E-state index < -0.39 is 162 Å². The zero-order chi connectivity index (χ0) is 77.4. The van der Waals surface area contributed by atoms with Gasteiger partial charge in [-0.15, -0.1) is 0 Å². The quantitative estimate of drug-likeness (QED) is 0.0281. The van der Waals surface area contributed by atoms with Crippen molar-refractivity contribution in [1.29, 1.82) is 0 Å². The lowest BCUT2D eigenvalue weighted by atomic mass is 9.97. The van der Waals surface area contributed by atoms with Crippen LogP contribution in [0.25, 0.3) is 0 Å². The first-order valence-electron chi connectivity index (χ1n) is 35.0. The minimum atomic E-state index is -3.72. The van der Waals surface area contributed by atoms with E-state index in [1.54, 1.807) is 0 Å². The van der Waals surface area contributed by atoms with Crippen LogP contribution in [0.1, 0.15) is 131 Å². The van der Waals surface area contributed by atoms with E-state index in [1.807, 2.05) is 13.8 Å². The fourth-order valence-electron chi connectivity index (χ4n) is 10.3. The van der Waals surface area contributed by atoms with E-state index in [0.717, 1.165) is 32.1 Å². The summed E-state index contributed by atoms with van der Waals surface area (Å²) in [6.45, 7) is -7.85. The van der Waals surface area contributed by atoms with Crippen LogP contribution in [0.2, 0.25) is 0 Å². The number of aliphatic hydroxyl groups excluding tert-OH is 9. The molecule has 16 N–H and O–H groups in total. The third-order valence-electron chi connectivity index (χ3n) is 16.0. The molecule has 104 heavy (non-hydrogen) atoms. The van der Waals surface area contributed by atoms with Gasteiger partial charge in [0.15, 0.2) is 25.4 Å². The number of aliphatic hydroxyl groups is 9. The van der Waals surface area contributed by atoms with E-state index in [-0.39, 0.29) is 131 Å². The van der Waals surface area contributed by atoms with Gasteiger partial charge in [0.1, 0.15) is 78.7 Å². The van der Waals surface area contributed by atoms with E-state index >= 15 is 0 Å². The van der Waals surface area contributed by atoms with Crippen molar-refractivity contribution in [3.8, 4) is 0 Å². The molecular formula is C60H117N3O33P4S4. The third-order valence-corrected chi connectivity index (χ3v) is 24.4. The van der Waals surface area contributed by atoms with E-state index in [0.29, 0.717) is 51.6 Å². The molecule has 10 unspecified atom stereocenters. The summed E-state index contributed by atoms with van der Waals surface area (Å²) in [6.07, 6.45) is -8.12. The maximum atomic E-state index is 11.8. The van der Waals surface area contributed by atoms with Crippen LogP contribution in [0.4, 0.5) is 0 Å². The normalized spacial score (nSPS) is 28.2. The number of nitrogens with one attached hydrogen (secondary N) is 3. The molecule has 3 saturated heterocycles. The predicted octanol–water partition coefficient (Wildman–Crippen LogP) is 0.000800. The van der Waals surface area contributed by atoms with Gasteiger partial charge in [-0.1, -0.05) is 39.5 Å². The largest absolute Gasteiger partial charge is 0.394 e. The number of hydrogen-bond donors (Lipinski definition) is 16. The highest BCUT2D eigenvalue weighted by Gasteiger charge is 2.48. The van der Waals surface area contributed by atoms with Crippen LogP contribution in [0.5, 0.6) is 0 Å². The van der Waals surface area contributed by atoms with Gasteiger partial charge in [0, 0.05) is 72.7 Å². The Morgan fingerprint density at radius 1 is 0.375 bits per heavy atom. The Kier molecular flexibility index (Phi) is 49.9. The molecule has 3 fully saturated rings. The zero-order valence-electron chi connectivity index (χ0n) is 59.9. The maximum Gasteiger partial charge on any atom is 0.324 e. The smallest absolute Gasteiger partial charge is 0.324 e. The van der Waals surface area contributed by atoms with Crippen LogP contribution >= 0.6 is 26.6 Å². The number of ether oxygens (including phenoxy) is 10. The molecule has 0 bridgehead atoms. The molecule has 0 aromatic heterocycles. The van der Waals surface area contributed by atoms with Crippen molar-refractivity contribution in [2.45, 2.75) is 234 Å². The van der Waals surface area contributed by atoms with Gasteiger partial charge in [-0.05, 0) is 118 Å². The zero-order valence-corrected chi connectivity index (χ0v) is 66.7. The van der Waals surface area contributed by atoms with Crippen LogP contribution < -0.4 is 16.0 Å². The molecule has 0 radical (unpaired) electrons. The summed E-state index contributed by atoms with van der Waals surface area (Å²) in [4.78, 5) is 78.2. The number of hydrogen-bond acceptors (Lipinski definition) is 33.